The van der Waals surface area contributed by atoms with Crippen molar-refractivity contribution in [1.82, 2.24) is 10.2 Å². The Morgan fingerprint density at radius 1 is 1.09 bits per heavy atom. The summed E-state index contributed by atoms with van der Waals surface area (Å²) in [5, 5.41) is 2.78. The molecule has 4 rings (SSSR count). The van der Waals surface area contributed by atoms with Gasteiger partial charge in [0, 0.05) is 26.2 Å². The number of ether oxygens (including phenoxy) is 2. The number of methoxy groups -OCH3 is 1. The van der Waals surface area contributed by atoms with Gasteiger partial charge in [-0.3, -0.25) is 14.9 Å². The molecule has 0 bridgehead atoms. The number of nitrogens with one attached hydrogen (secondary N) is 1. The second-order valence-corrected chi connectivity index (χ2v) is 7.81. The standard InChI is InChI=1S/C24H27FN4O4/c1-3-33-23(31)20-21(16-8-10-17(25)11-9-16)26-24(27-22(20)30)29-14-12-28(13-15-29)18-6-4-5-7-19(18)32-2/h4-11,20-21H,3,12-15H2,1-2H3,(H,26,27,30)/t20-,21-/m1/s1. The Bertz CT molecular complexity index is 1040. The molecule has 8 nitrogen and oxygen atoms in total. The summed E-state index contributed by atoms with van der Waals surface area (Å²) in [5.41, 5.74) is 1.59. The smallest absolute Gasteiger partial charge is 0.321 e. The fourth-order valence-electron chi connectivity index (χ4n) is 4.18. The zero-order chi connectivity index (χ0) is 23.4. The van der Waals surface area contributed by atoms with Crippen LogP contribution >= 0.6 is 0 Å². The molecule has 2 aromatic carbocycles. The van der Waals surface area contributed by atoms with Gasteiger partial charge in [-0.1, -0.05) is 24.3 Å². The molecule has 33 heavy (non-hydrogen) atoms. The van der Waals surface area contributed by atoms with Gasteiger partial charge in [0.25, 0.3) is 0 Å². The van der Waals surface area contributed by atoms with E-state index in [0.29, 0.717) is 37.7 Å². The van der Waals surface area contributed by atoms with Gasteiger partial charge in [0.1, 0.15) is 17.6 Å². The molecule has 1 N–H and O–H groups in total. The van der Waals surface area contributed by atoms with Crippen molar-refractivity contribution in [3.8, 4) is 5.75 Å². The molecule has 2 atom stereocenters. The third-order valence-corrected chi connectivity index (χ3v) is 5.85. The maximum absolute atomic E-state index is 13.5. The van der Waals surface area contributed by atoms with Gasteiger partial charge in [-0.15, -0.1) is 0 Å². The number of hydrogen-bond acceptors (Lipinski definition) is 7. The molecule has 9 heteroatoms. The topological polar surface area (TPSA) is 83.5 Å². The summed E-state index contributed by atoms with van der Waals surface area (Å²) < 4.78 is 24.1. The first-order chi connectivity index (χ1) is 16.0. The number of rotatable bonds is 5. The monoisotopic (exact) mass is 454 g/mol. The molecule has 0 saturated carbocycles. The lowest BCUT2D eigenvalue weighted by Crippen LogP contribution is -2.57. The number of piperazine rings is 1. The van der Waals surface area contributed by atoms with Crippen molar-refractivity contribution in [3.63, 3.8) is 0 Å². The van der Waals surface area contributed by atoms with Crippen LogP contribution in [0.4, 0.5) is 10.1 Å². The van der Waals surface area contributed by atoms with Crippen molar-refractivity contribution in [2.75, 3.05) is 44.8 Å². The molecular weight excluding hydrogens is 427 g/mol. The van der Waals surface area contributed by atoms with Crippen molar-refractivity contribution >= 4 is 23.5 Å². The Balaban J connectivity index is 1.56. The zero-order valence-electron chi connectivity index (χ0n) is 18.7. The van der Waals surface area contributed by atoms with E-state index in [0.717, 1.165) is 11.4 Å². The highest BCUT2D eigenvalue weighted by Crippen LogP contribution is 2.32. The zero-order valence-corrected chi connectivity index (χ0v) is 18.7. The number of hydrogen-bond donors (Lipinski definition) is 1. The lowest BCUT2D eigenvalue weighted by atomic mass is 9.91. The number of para-hydroxylation sites is 2. The van der Waals surface area contributed by atoms with Crippen LogP contribution in [0, 0.1) is 11.7 Å². The first kappa shape index (κ1) is 22.6. The number of aliphatic imine (C=N–C) groups is 1. The highest BCUT2D eigenvalue weighted by molar-refractivity contribution is 6.08. The van der Waals surface area contributed by atoms with Crippen molar-refractivity contribution in [3.05, 3.63) is 59.9 Å². The summed E-state index contributed by atoms with van der Waals surface area (Å²) in [7, 11) is 1.65. The largest absolute Gasteiger partial charge is 0.495 e. The minimum absolute atomic E-state index is 0.153. The van der Waals surface area contributed by atoms with Crippen molar-refractivity contribution in [2.24, 2.45) is 10.9 Å². The first-order valence-corrected chi connectivity index (χ1v) is 11.0. The number of nitrogens with zero attached hydrogens (tertiary/aromatic N) is 3. The molecule has 0 unspecified atom stereocenters. The number of esters is 1. The summed E-state index contributed by atoms with van der Waals surface area (Å²) in [4.78, 5) is 34.4. The van der Waals surface area contributed by atoms with Crippen LogP contribution in [0.15, 0.2) is 53.5 Å². The second-order valence-electron chi connectivity index (χ2n) is 7.81. The Kier molecular flexibility index (Phi) is 6.76. The van der Waals surface area contributed by atoms with E-state index in [1.54, 1.807) is 26.2 Å². The van der Waals surface area contributed by atoms with E-state index < -0.39 is 29.7 Å². The Morgan fingerprint density at radius 2 is 1.76 bits per heavy atom. The molecule has 1 fully saturated rings. The van der Waals surface area contributed by atoms with Gasteiger partial charge in [0.2, 0.25) is 11.9 Å². The van der Waals surface area contributed by atoms with E-state index in [2.05, 4.69) is 10.2 Å². The molecule has 174 valence electrons. The van der Waals surface area contributed by atoms with Gasteiger partial charge < -0.3 is 19.3 Å². The van der Waals surface area contributed by atoms with Crippen LogP contribution in [0.25, 0.3) is 0 Å². The third-order valence-electron chi connectivity index (χ3n) is 5.85. The van der Waals surface area contributed by atoms with Crippen LogP contribution in [0.1, 0.15) is 18.5 Å². The Labute approximate surface area is 192 Å². The summed E-state index contributed by atoms with van der Waals surface area (Å²) in [6, 6.07) is 12.7. The SMILES string of the molecule is CCOC(=O)[C@H]1C(=O)NC(N2CCN(c3ccccc3OC)CC2)=N[C@@H]1c1ccc(F)cc1. The molecule has 0 radical (unpaired) electrons. The van der Waals surface area contributed by atoms with E-state index in [1.807, 2.05) is 29.2 Å². The minimum atomic E-state index is -1.13. The highest BCUT2D eigenvalue weighted by atomic mass is 19.1. The quantitative estimate of drug-likeness (QED) is 0.552. The fourth-order valence-corrected chi connectivity index (χ4v) is 4.18. The summed E-state index contributed by atoms with van der Waals surface area (Å²) >= 11 is 0. The summed E-state index contributed by atoms with van der Waals surface area (Å²) in [5.74, 6) is -1.43. The molecule has 2 aromatic rings. The maximum atomic E-state index is 13.5. The normalized spacial score (nSPS) is 20.7. The van der Waals surface area contributed by atoms with Crippen LogP contribution in [0.2, 0.25) is 0 Å². The number of benzene rings is 2. The number of anilines is 1. The lowest BCUT2D eigenvalue weighted by molar-refractivity contribution is -0.153. The summed E-state index contributed by atoms with van der Waals surface area (Å²) in [6.07, 6.45) is 0. The number of halogens is 1. The van der Waals surface area contributed by atoms with Crippen LogP contribution < -0.4 is 15.0 Å². The van der Waals surface area contributed by atoms with Crippen molar-refractivity contribution in [2.45, 2.75) is 13.0 Å². The van der Waals surface area contributed by atoms with E-state index in [9.17, 15) is 14.0 Å². The van der Waals surface area contributed by atoms with E-state index in [1.165, 1.54) is 12.1 Å². The van der Waals surface area contributed by atoms with Crippen LogP contribution in [0.3, 0.4) is 0 Å². The maximum Gasteiger partial charge on any atom is 0.321 e. The molecule has 1 saturated heterocycles. The van der Waals surface area contributed by atoms with Crippen LogP contribution in [-0.2, 0) is 14.3 Å². The molecule has 0 aliphatic carbocycles. The highest BCUT2D eigenvalue weighted by Gasteiger charge is 2.42. The van der Waals surface area contributed by atoms with E-state index >= 15 is 0 Å². The van der Waals surface area contributed by atoms with Gasteiger partial charge in [-0.2, -0.15) is 0 Å². The lowest BCUT2D eigenvalue weighted by Gasteiger charge is -2.40. The average Bonchev–Trinajstić information content (AvgIpc) is 2.84. The Morgan fingerprint density at radius 3 is 2.42 bits per heavy atom. The van der Waals surface area contributed by atoms with Crippen molar-refractivity contribution in [1.29, 1.82) is 0 Å². The molecule has 2 aliphatic rings. The Hall–Kier alpha value is -3.62. The molecule has 0 spiro atoms. The van der Waals surface area contributed by atoms with Gasteiger partial charge in [-0.25, -0.2) is 9.38 Å². The molecule has 2 heterocycles. The van der Waals surface area contributed by atoms with Gasteiger partial charge in [0.05, 0.1) is 19.4 Å². The fraction of sp³-hybridized carbons (Fsp3) is 0.375. The number of carbonyl (C=O) groups excluding carboxylic acids is 2. The molecular formula is C24H27FN4O4. The number of carbonyl (C=O) groups is 2. The first-order valence-electron chi connectivity index (χ1n) is 11.0. The van der Waals surface area contributed by atoms with E-state index in [-0.39, 0.29) is 6.61 Å². The van der Waals surface area contributed by atoms with Gasteiger partial charge >= 0.3 is 5.97 Å². The van der Waals surface area contributed by atoms with Crippen molar-refractivity contribution < 1.29 is 23.5 Å². The third kappa shape index (κ3) is 4.76. The predicted octanol–water partition coefficient (Wildman–Crippen LogP) is 2.36. The second kappa shape index (κ2) is 9.89. The van der Waals surface area contributed by atoms with E-state index in [4.69, 9.17) is 14.5 Å². The van der Waals surface area contributed by atoms with Crippen LogP contribution in [-0.4, -0.2) is 62.6 Å². The van der Waals surface area contributed by atoms with Gasteiger partial charge in [0.15, 0.2) is 5.92 Å². The predicted molar refractivity (Wildman–Crippen MR) is 122 cm³/mol. The summed E-state index contributed by atoms with van der Waals surface area (Å²) in [6.45, 7) is 4.49. The molecule has 0 aromatic heterocycles. The molecule has 1 amide bonds. The number of guanidine groups is 1. The minimum Gasteiger partial charge on any atom is -0.495 e. The molecule has 2 aliphatic heterocycles. The van der Waals surface area contributed by atoms with Crippen LogP contribution in [0.5, 0.6) is 5.75 Å². The average molecular weight is 455 g/mol. The number of amides is 1. The van der Waals surface area contributed by atoms with Gasteiger partial charge in [-0.05, 0) is 36.8 Å².